The molecule has 0 unspecified atom stereocenters. The molecular formula is C18H17ClN3O. The molecule has 0 spiro atoms. The van der Waals surface area contributed by atoms with Crippen molar-refractivity contribution < 1.29 is 4.79 Å². The van der Waals surface area contributed by atoms with Crippen LogP contribution in [0.25, 0.3) is 16.7 Å². The Bertz CT molecular complexity index is 881. The number of hydrogen-bond acceptors (Lipinski definition) is 2. The van der Waals surface area contributed by atoms with Gasteiger partial charge in [-0.1, -0.05) is 30.7 Å². The van der Waals surface area contributed by atoms with Gasteiger partial charge in [0.1, 0.15) is 5.82 Å². The lowest BCUT2D eigenvalue weighted by Crippen LogP contribution is -2.11. The van der Waals surface area contributed by atoms with E-state index >= 15 is 0 Å². The summed E-state index contributed by atoms with van der Waals surface area (Å²) in [4.78, 5) is 16.1. The second-order valence-electron chi connectivity index (χ2n) is 5.32. The molecular weight excluding hydrogens is 310 g/mol. The number of primary amides is 1. The van der Waals surface area contributed by atoms with Crippen LogP contribution in [0.1, 0.15) is 28.7 Å². The Balaban J connectivity index is 2.25. The Labute approximate surface area is 139 Å². The summed E-state index contributed by atoms with van der Waals surface area (Å²) in [6, 6.07) is 11.6. The number of aromatic nitrogens is 2. The molecule has 0 fully saturated rings. The minimum absolute atomic E-state index is 0.291. The summed E-state index contributed by atoms with van der Waals surface area (Å²) in [6.07, 6.45) is 1.51. The van der Waals surface area contributed by atoms with Crippen LogP contribution in [0.15, 0.2) is 36.4 Å². The molecule has 2 aromatic carbocycles. The summed E-state index contributed by atoms with van der Waals surface area (Å²) in [6.45, 7) is 5.93. The third kappa shape index (κ3) is 2.70. The highest BCUT2D eigenvalue weighted by Crippen LogP contribution is 2.28. The smallest absolute Gasteiger partial charge is 0.250 e. The van der Waals surface area contributed by atoms with Crippen molar-refractivity contribution in [3.05, 3.63) is 65.3 Å². The number of carbonyl (C=O) groups is 1. The van der Waals surface area contributed by atoms with Crippen molar-refractivity contribution in [1.29, 1.82) is 0 Å². The van der Waals surface area contributed by atoms with Gasteiger partial charge in [-0.3, -0.25) is 9.36 Å². The first-order valence-corrected chi connectivity index (χ1v) is 7.82. The van der Waals surface area contributed by atoms with Gasteiger partial charge in [-0.15, -0.1) is 0 Å². The zero-order chi connectivity index (χ0) is 16.6. The molecule has 1 aromatic heterocycles. The van der Waals surface area contributed by atoms with Gasteiger partial charge in [-0.25, -0.2) is 4.98 Å². The van der Waals surface area contributed by atoms with Gasteiger partial charge in [-0.2, -0.15) is 0 Å². The molecule has 5 heteroatoms. The fourth-order valence-corrected chi connectivity index (χ4v) is 2.92. The molecule has 0 saturated heterocycles. The van der Waals surface area contributed by atoms with Crippen molar-refractivity contribution in [2.24, 2.45) is 5.73 Å². The second-order valence-corrected chi connectivity index (χ2v) is 5.73. The maximum Gasteiger partial charge on any atom is 0.250 e. The molecule has 3 aromatic rings. The Morgan fingerprint density at radius 2 is 2.00 bits per heavy atom. The number of hydrogen-bond donors (Lipinski definition) is 1. The van der Waals surface area contributed by atoms with Crippen LogP contribution in [-0.2, 0) is 12.8 Å². The van der Waals surface area contributed by atoms with Crippen LogP contribution in [0.2, 0.25) is 5.02 Å². The molecule has 1 amide bonds. The van der Waals surface area contributed by atoms with E-state index in [4.69, 9.17) is 17.3 Å². The lowest BCUT2D eigenvalue weighted by molar-refractivity contribution is 0.100. The highest BCUT2D eigenvalue weighted by atomic mass is 35.5. The number of amides is 1. The van der Waals surface area contributed by atoms with E-state index in [9.17, 15) is 4.79 Å². The molecule has 1 heterocycles. The van der Waals surface area contributed by atoms with Crippen LogP contribution in [0.5, 0.6) is 0 Å². The molecule has 3 rings (SSSR count). The van der Waals surface area contributed by atoms with E-state index in [0.29, 0.717) is 16.1 Å². The predicted octanol–water partition coefficient (Wildman–Crippen LogP) is 3.72. The summed E-state index contributed by atoms with van der Waals surface area (Å²) < 4.78 is 2.05. The third-order valence-electron chi connectivity index (χ3n) is 3.88. The Morgan fingerprint density at radius 3 is 2.57 bits per heavy atom. The third-order valence-corrected chi connectivity index (χ3v) is 4.19. The van der Waals surface area contributed by atoms with Crippen LogP contribution in [0.4, 0.5) is 0 Å². The van der Waals surface area contributed by atoms with Crippen molar-refractivity contribution >= 4 is 28.5 Å². The molecule has 117 valence electrons. The van der Waals surface area contributed by atoms with Gasteiger partial charge in [0, 0.05) is 12.1 Å². The number of halogens is 1. The number of aryl methyl sites for hydroxylation is 1. The fourth-order valence-electron chi connectivity index (χ4n) is 2.67. The highest BCUT2D eigenvalue weighted by molar-refractivity contribution is 6.34. The number of fused-ring (bicyclic) bond motifs is 1. The van der Waals surface area contributed by atoms with E-state index in [-0.39, 0.29) is 0 Å². The van der Waals surface area contributed by atoms with E-state index in [1.165, 1.54) is 5.56 Å². The molecule has 1 radical (unpaired) electrons. The summed E-state index contributed by atoms with van der Waals surface area (Å²) >= 11 is 6.21. The Hall–Kier alpha value is -2.33. The minimum Gasteiger partial charge on any atom is -0.366 e. The van der Waals surface area contributed by atoms with Crippen LogP contribution in [0.3, 0.4) is 0 Å². The first-order valence-electron chi connectivity index (χ1n) is 7.44. The molecule has 0 saturated carbocycles. The van der Waals surface area contributed by atoms with Crippen LogP contribution in [-0.4, -0.2) is 15.5 Å². The number of nitrogens with zero attached hydrogens (tertiary/aromatic N) is 2. The SMILES string of the molecule is [CH2]Cc1ccc(-n2c(CC)nc3cc(C(N)=O)c(Cl)cc32)cc1. The van der Waals surface area contributed by atoms with E-state index in [2.05, 4.69) is 16.5 Å². The Kier molecular flexibility index (Phi) is 4.09. The summed E-state index contributed by atoms with van der Waals surface area (Å²) in [5.41, 5.74) is 9.40. The number of rotatable bonds is 4. The normalized spacial score (nSPS) is 11.1. The monoisotopic (exact) mass is 326 g/mol. The molecule has 0 bridgehead atoms. The quantitative estimate of drug-likeness (QED) is 0.794. The first-order chi connectivity index (χ1) is 11.0. The van der Waals surface area contributed by atoms with E-state index in [0.717, 1.165) is 29.9 Å². The van der Waals surface area contributed by atoms with Crippen molar-refractivity contribution in [2.75, 3.05) is 0 Å². The van der Waals surface area contributed by atoms with Gasteiger partial charge in [0.15, 0.2) is 0 Å². The Morgan fingerprint density at radius 1 is 1.30 bits per heavy atom. The standard InChI is InChI=1S/C18H17ClN3O/c1-3-11-5-7-12(8-6-11)22-16-10-14(19)13(18(20)23)9-15(16)21-17(22)4-2/h5-10H,1,3-4H2,2H3,(H2,20,23). The van der Waals surface area contributed by atoms with Gasteiger partial charge < -0.3 is 5.73 Å². The molecule has 0 aliphatic heterocycles. The van der Waals surface area contributed by atoms with Gasteiger partial charge in [0.2, 0.25) is 5.91 Å². The largest absolute Gasteiger partial charge is 0.366 e. The number of benzene rings is 2. The number of carbonyl (C=O) groups excluding carboxylic acids is 1. The van der Waals surface area contributed by atoms with Gasteiger partial charge in [0.05, 0.1) is 21.6 Å². The van der Waals surface area contributed by atoms with Crippen LogP contribution >= 0.6 is 11.6 Å². The molecule has 2 N–H and O–H groups in total. The van der Waals surface area contributed by atoms with E-state index in [1.807, 2.05) is 31.2 Å². The van der Waals surface area contributed by atoms with Gasteiger partial charge in [-0.05, 0) is 43.2 Å². The molecule has 0 atom stereocenters. The number of nitrogens with two attached hydrogens (primary N) is 1. The molecule has 4 nitrogen and oxygen atoms in total. The average molecular weight is 327 g/mol. The van der Waals surface area contributed by atoms with Crippen molar-refractivity contribution in [3.63, 3.8) is 0 Å². The zero-order valence-electron chi connectivity index (χ0n) is 12.8. The molecule has 0 aliphatic carbocycles. The first kappa shape index (κ1) is 15.6. The second kappa shape index (κ2) is 6.05. The van der Waals surface area contributed by atoms with Crippen molar-refractivity contribution in [1.82, 2.24) is 9.55 Å². The average Bonchev–Trinajstić information content (AvgIpc) is 2.91. The predicted molar refractivity (Wildman–Crippen MR) is 93.0 cm³/mol. The number of imidazole rings is 1. The van der Waals surface area contributed by atoms with Crippen molar-refractivity contribution in [3.8, 4) is 5.69 Å². The van der Waals surface area contributed by atoms with E-state index in [1.54, 1.807) is 12.1 Å². The maximum absolute atomic E-state index is 11.5. The lowest BCUT2D eigenvalue weighted by atomic mass is 10.1. The topological polar surface area (TPSA) is 60.9 Å². The van der Waals surface area contributed by atoms with Crippen molar-refractivity contribution in [2.45, 2.75) is 19.8 Å². The summed E-state index contributed by atoms with van der Waals surface area (Å²) in [5.74, 6) is 0.351. The summed E-state index contributed by atoms with van der Waals surface area (Å²) in [5, 5.41) is 0.336. The molecule has 0 aliphatic rings. The summed E-state index contributed by atoms with van der Waals surface area (Å²) in [7, 11) is 0. The molecule has 23 heavy (non-hydrogen) atoms. The maximum atomic E-state index is 11.5. The highest BCUT2D eigenvalue weighted by Gasteiger charge is 2.16. The van der Waals surface area contributed by atoms with Gasteiger partial charge in [0.25, 0.3) is 0 Å². The van der Waals surface area contributed by atoms with Gasteiger partial charge >= 0.3 is 0 Å². The minimum atomic E-state index is -0.552. The van der Waals surface area contributed by atoms with Crippen LogP contribution < -0.4 is 5.73 Å². The fraction of sp³-hybridized carbons (Fsp3) is 0.167. The van der Waals surface area contributed by atoms with Crippen LogP contribution in [0, 0.1) is 6.92 Å². The lowest BCUT2D eigenvalue weighted by Gasteiger charge is -2.09. The van der Waals surface area contributed by atoms with E-state index < -0.39 is 5.91 Å². The zero-order valence-corrected chi connectivity index (χ0v) is 13.6.